The van der Waals surface area contributed by atoms with Gasteiger partial charge < -0.3 is 9.53 Å². The molecule has 0 amide bonds. The van der Waals surface area contributed by atoms with Crippen molar-refractivity contribution in [2.75, 3.05) is 0 Å². The molecule has 1 aliphatic rings. The van der Waals surface area contributed by atoms with Crippen LogP contribution in [0.2, 0.25) is 0 Å². The van der Waals surface area contributed by atoms with E-state index in [2.05, 4.69) is 31.9 Å². The second kappa shape index (κ2) is 4.38. The molecule has 4 heteroatoms. The maximum Gasteiger partial charge on any atom is 0.148 e. The molecular weight excluding hydrogens is 276 g/mol. The molecular formula is C7H8Br2O2. The van der Waals surface area contributed by atoms with E-state index < -0.39 is 0 Å². The molecule has 0 aromatic carbocycles. The maximum atomic E-state index is 10.3. The summed E-state index contributed by atoms with van der Waals surface area (Å²) in [6, 6.07) is 0. The van der Waals surface area contributed by atoms with Crippen LogP contribution in [0.3, 0.4) is 0 Å². The van der Waals surface area contributed by atoms with Gasteiger partial charge in [-0.05, 0) is 50.8 Å². The molecule has 0 aromatic heterocycles. The second-order valence-corrected chi connectivity index (χ2v) is 5.16. The molecule has 2 atom stereocenters. The van der Waals surface area contributed by atoms with Crippen LogP contribution < -0.4 is 0 Å². The van der Waals surface area contributed by atoms with E-state index in [4.69, 9.17) is 4.74 Å². The summed E-state index contributed by atoms with van der Waals surface area (Å²) in [6.07, 6.45) is 4.40. The summed E-state index contributed by atoms with van der Waals surface area (Å²) in [6.45, 7) is 0. The Morgan fingerprint density at radius 3 is 2.45 bits per heavy atom. The molecule has 1 saturated heterocycles. The van der Waals surface area contributed by atoms with E-state index in [0.29, 0.717) is 0 Å². The van der Waals surface area contributed by atoms with Crippen LogP contribution >= 0.6 is 31.9 Å². The summed E-state index contributed by atoms with van der Waals surface area (Å²) in [7, 11) is 0. The highest BCUT2D eigenvalue weighted by Crippen LogP contribution is 2.23. The van der Waals surface area contributed by atoms with Crippen LogP contribution in [0.25, 0.3) is 0 Å². The molecule has 62 valence electrons. The Bertz CT molecular complexity index is 175. The Labute approximate surface area is 82.2 Å². The fraction of sp³-hybridized carbons (Fsp3) is 0.571. The third-order valence-electron chi connectivity index (χ3n) is 1.55. The topological polar surface area (TPSA) is 26.3 Å². The third kappa shape index (κ3) is 3.05. The molecule has 0 aliphatic carbocycles. The lowest BCUT2D eigenvalue weighted by atomic mass is 10.2. The molecule has 1 aliphatic heterocycles. The predicted molar refractivity (Wildman–Crippen MR) is 49.9 cm³/mol. The standard InChI is InChI=1S/C7H8Br2O2/c8-7(9)3-5-1-2-6(4-10)11-5/h3-6H,1-2H2/t5-,6+/m1/s1. The number of hydrogen-bond donors (Lipinski definition) is 0. The average molecular weight is 284 g/mol. The summed E-state index contributed by atoms with van der Waals surface area (Å²) in [5.41, 5.74) is 0. The minimum absolute atomic E-state index is 0.0824. The minimum Gasteiger partial charge on any atom is -0.363 e. The van der Waals surface area contributed by atoms with E-state index in [0.717, 1.165) is 22.5 Å². The summed E-state index contributed by atoms with van der Waals surface area (Å²) < 4.78 is 6.19. The summed E-state index contributed by atoms with van der Waals surface area (Å²) in [5.74, 6) is 0. The zero-order valence-electron chi connectivity index (χ0n) is 5.80. The molecule has 0 saturated carbocycles. The zero-order valence-corrected chi connectivity index (χ0v) is 8.97. The van der Waals surface area contributed by atoms with Crippen molar-refractivity contribution in [3.05, 3.63) is 9.47 Å². The van der Waals surface area contributed by atoms with Crippen LogP contribution in [0.5, 0.6) is 0 Å². The second-order valence-electron chi connectivity index (χ2n) is 2.38. The summed E-state index contributed by atoms with van der Waals surface area (Å²) >= 11 is 6.47. The lowest BCUT2D eigenvalue weighted by Gasteiger charge is -2.03. The van der Waals surface area contributed by atoms with E-state index in [9.17, 15) is 4.79 Å². The highest BCUT2D eigenvalue weighted by molar-refractivity contribution is 9.28. The molecule has 0 bridgehead atoms. The van der Waals surface area contributed by atoms with Crippen LogP contribution in [-0.4, -0.2) is 18.5 Å². The fourth-order valence-electron chi connectivity index (χ4n) is 1.05. The Balaban J connectivity index is 2.41. The van der Waals surface area contributed by atoms with Crippen molar-refractivity contribution in [2.24, 2.45) is 0 Å². The highest BCUT2D eigenvalue weighted by atomic mass is 79.9. The Hall–Kier alpha value is 0.330. The van der Waals surface area contributed by atoms with Crippen LogP contribution in [0.15, 0.2) is 9.47 Å². The molecule has 0 spiro atoms. The van der Waals surface area contributed by atoms with Crippen molar-refractivity contribution < 1.29 is 9.53 Å². The smallest absolute Gasteiger partial charge is 0.148 e. The average Bonchev–Trinajstić information content (AvgIpc) is 2.34. The van der Waals surface area contributed by atoms with Crippen molar-refractivity contribution >= 4 is 38.1 Å². The van der Waals surface area contributed by atoms with Gasteiger partial charge in [-0.3, -0.25) is 0 Å². The van der Waals surface area contributed by atoms with Gasteiger partial charge in [0.1, 0.15) is 12.4 Å². The molecule has 0 unspecified atom stereocenters. The number of hydrogen-bond acceptors (Lipinski definition) is 2. The van der Waals surface area contributed by atoms with E-state index >= 15 is 0 Å². The lowest BCUT2D eigenvalue weighted by molar-refractivity contribution is -0.116. The third-order valence-corrected chi connectivity index (χ3v) is 2.08. The summed E-state index contributed by atoms with van der Waals surface area (Å²) in [4.78, 5) is 10.3. The predicted octanol–water partition coefficient (Wildman–Crippen LogP) is 2.36. The Morgan fingerprint density at radius 1 is 1.36 bits per heavy atom. The lowest BCUT2D eigenvalue weighted by Crippen LogP contribution is -2.09. The number of rotatable bonds is 2. The van der Waals surface area contributed by atoms with Crippen molar-refractivity contribution in [3.63, 3.8) is 0 Å². The van der Waals surface area contributed by atoms with Gasteiger partial charge in [0.25, 0.3) is 0 Å². The van der Waals surface area contributed by atoms with Gasteiger partial charge in [-0.1, -0.05) is 0 Å². The van der Waals surface area contributed by atoms with Crippen molar-refractivity contribution in [2.45, 2.75) is 25.0 Å². The van der Waals surface area contributed by atoms with Gasteiger partial charge in [0, 0.05) is 0 Å². The number of aldehydes is 1. The normalized spacial score (nSPS) is 30.0. The van der Waals surface area contributed by atoms with Crippen molar-refractivity contribution in [3.8, 4) is 0 Å². The van der Waals surface area contributed by atoms with Crippen LogP contribution in [0.1, 0.15) is 12.8 Å². The highest BCUT2D eigenvalue weighted by Gasteiger charge is 2.22. The molecule has 1 fully saturated rings. The van der Waals surface area contributed by atoms with Gasteiger partial charge >= 0.3 is 0 Å². The maximum absolute atomic E-state index is 10.3. The molecule has 0 radical (unpaired) electrons. The first-order valence-corrected chi connectivity index (χ1v) is 4.94. The van der Waals surface area contributed by atoms with Crippen LogP contribution in [0.4, 0.5) is 0 Å². The Morgan fingerprint density at radius 2 is 2.00 bits per heavy atom. The molecule has 1 heterocycles. The molecule has 1 rings (SSSR count). The first-order valence-electron chi connectivity index (χ1n) is 3.36. The van der Waals surface area contributed by atoms with Gasteiger partial charge in [-0.25, -0.2) is 0 Å². The van der Waals surface area contributed by atoms with Crippen molar-refractivity contribution in [1.82, 2.24) is 0 Å². The molecule has 0 aromatic rings. The number of ether oxygens (including phenoxy) is 1. The number of carbonyl (C=O) groups excluding carboxylic acids is 1. The van der Waals surface area contributed by atoms with E-state index in [1.165, 1.54) is 0 Å². The SMILES string of the molecule is O=C[C@@H]1CC[C@H](C=C(Br)Br)O1. The first-order chi connectivity index (χ1) is 5.22. The molecule has 11 heavy (non-hydrogen) atoms. The van der Waals surface area contributed by atoms with Gasteiger partial charge in [-0.2, -0.15) is 0 Å². The van der Waals surface area contributed by atoms with Crippen molar-refractivity contribution in [1.29, 1.82) is 0 Å². The van der Waals surface area contributed by atoms with Gasteiger partial charge in [0.15, 0.2) is 0 Å². The first kappa shape index (κ1) is 9.42. The minimum atomic E-state index is -0.199. The summed E-state index contributed by atoms with van der Waals surface area (Å²) in [5, 5.41) is 0. The van der Waals surface area contributed by atoms with Gasteiger partial charge in [0.05, 0.1) is 9.50 Å². The van der Waals surface area contributed by atoms with Crippen LogP contribution in [0, 0.1) is 0 Å². The van der Waals surface area contributed by atoms with Gasteiger partial charge in [0.2, 0.25) is 0 Å². The quantitative estimate of drug-likeness (QED) is 0.728. The van der Waals surface area contributed by atoms with E-state index in [-0.39, 0.29) is 12.2 Å². The van der Waals surface area contributed by atoms with E-state index in [1.807, 2.05) is 6.08 Å². The largest absolute Gasteiger partial charge is 0.363 e. The van der Waals surface area contributed by atoms with Gasteiger partial charge in [-0.15, -0.1) is 0 Å². The fourth-order valence-corrected chi connectivity index (χ4v) is 1.64. The van der Waals surface area contributed by atoms with E-state index in [1.54, 1.807) is 0 Å². The monoisotopic (exact) mass is 282 g/mol. The number of carbonyl (C=O) groups is 1. The Kier molecular flexibility index (Phi) is 3.75. The molecule has 0 N–H and O–H groups in total. The number of halogens is 2. The van der Waals surface area contributed by atoms with Crippen LogP contribution in [-0.2, 0) is 9.53 Å². The molecule has 2 nitrogen and oxygen atoms in total. The zero-order chi connectivity index (χ0) is 8.27.